The van der Waals surface area contributed by atoms with Crippen molar-refractivity contribution in [1.29, 1.82) is 0 Å². The molecule has 0 aliphatic carbocycles. The highest BCUT2D eigenvalue weighted by molar-refractivity contribution is 5.84. The third-order valence-corrected chi connectivity index (χ3v) is 4.10. The number of nitrogens with zero attached hydrogens (tertiary/aromatic N) is 2. The number of aromatic amines is 1. The fourth-order valence-corrected chi connectivity index (χ4v) is 2.92. The summed E-state index contributed by atoms with van der Waals surface area (Å²) in [5.74, 6) is -0.135. The molecular weight excluding hydrogens is 323 g/mol. The Kier molecular flexibility index (Phi) is 3.70. The van der Waals surface area contributed by atoms with Gasteiger partial charge in [-0.3, -0.25) is 0 Å². The van der Waals surface area contributed by atoms with Gasteiger partial charge in [-0.15, -0.1) is 0 Å². The predicted octanol–water partition coefficient (Wildman–Crippen LogP) is 2.31. The van der Waals surface area contributed by atoms with Crippen molar-refractivity contribution < 1.29 is 9.50 Å². The number of phenols is 1. The van der Waals surface area contributed by atoms with Crippen LogP contribution in [0.15, 0.2) is 53.3 Å². The molecule has 0 aliphatic rings. The molecular formula is C18H15FN4O2. The number of hydrogen-bond donors (Lipinski definition) is 3. The number of halogens is 1. The minimum absolute atomic E-state index is 0.133. The van der Waals surface area contributed by atoms with Crippen LogP contribution in [0, 0.1) is 5.82 Å². The highest BCUT2D eigenvalue weighted by Crippen LogP contribution is 2.22. The first-order chi connectivity index (χ1) is 12.1. The Balaban J connectivity index is 1.68. The van der Waals surface area contributed by atoms with Gasteiger partial charge in [-0.1, -0.05) is 12.1 Å². The molecule has 0 aliphatic heterocycles. The Bertz CT molecular complexity index is 1120. The van der Waals surface area contributed by atoms with Crippen molar-refractivity contribution in [1.82, 2.24) is 19.9 Å². The normalized spacial score (nSPS) is 11.4. The lowest BCUT2D eigenvalue weighted by Crippen LogP contribution is -2.15. The number of nitrogens with one attached hydrogen (secondary N) is 2. The van der Waals surface area contributed by atoms with E-state index < -0.39 is 0 Å². The van der Waals surface area contributed by atoms with Gasteiger partial charge in [0.1, 0.15) is 11.6 Å². The third-order valence-electron chi connectivity index (χ3n) is 4.10. The maximum Gasteiger partial charge on any atom is 0.348 e. The van der Waals surface area contributed by atoms with Crippen LogP contribution in [-0.4, -0.2) is 19.7 Å². The molecule has 2 aromatic heterocycles. The second-order valence-corrected chi connectivity index (χ2v) is 5.83. The van der Waals surface area contributed by atoms with Crippen LogP contribution in [0.1, 0.15) is 11.1 Å². The molecule has 4 rings (SSSR count). The molecule has 0 fully saturated rings. The van der Waals surface area contributed by atoms with Gasteiger partial charge in [-0.05, 0) is 42.0 Å². The molecule has 3 N–H and O–H groups in total. The maximum absolute atomic E-state index is 12.9. The van der Waals surface area contributed by atoms with E-state index in [9.17, 15) is 14.3 Å². The number of H-pyrrole nitrogens is 1. The summed E-state index contributed by atoms with van der Waals surface area (Å²) < 4.78 is 14.4. The van der Waals surface area contributed by atoms with E-state index in [0.717, 1.165) is 16.5 Å². The predicted molar refractivity (Wildman–Crippen MR) is 91.9 cm³/mol. The Hall–Kier alpha value is -3.19. The van der Waals surface area contributed by atoms with E-state index in [1.54, 1.807) is 24.3 Å². The summed E-state index contributed by atoms with van der Waals surface area (Å²) in [5.41, 5.74) is 2.66. The Labute approximate surface area is 141 Å². The number of phenolic OH excluding ortho intramolecular Hbond substituents is 1. The first kappa shape index (κ1) is 15.3. The molecule has 0 unspecified atom stereocenters. The van der Waals surface area contributed by atoms with Crippen LogP contribution < -0.4 is 11.0 Å². The summed E-state index contributed by atoms with van der Waals surface area (Å²) >= 11 is 0. The zero-order valence-electron chi connectivity index (χ0n) is 13.2. The molecule has 0 amide bonds. The summed E-state index contributed by atoms with van der Waals surface area (Å²) in [5, 5.41) is 20.3. The number of fused-ring (bicyclic) bond motifs is 3. The Morgan fingerprint density at radius 2 is 1.92 bits per heavy atom. The number of hydrogen-bond acceptors (Lipinski definition) is 4. The third kappa shape index (κ3) is 2.85. The van der Waals surface area contributed by atoms with Crippen LogP contribution in [-0.2, 0) is 13.1 Å². The molecule has 0 saturated heterocycles. The standard InChI is InChI=1S/C18H15FN4O2/c19-14-3-1-11(2-4-14)9-20-10-13-7-12-8-15(24)5-6-16(12)23-17(13)21-22-18(23)25/h1-8,20,24H,9-10H2,(H,22,25). The average molecular weight is 338 g/mol. The SMILES string of the molecule is O=c1[nH]nc2c(CNCc3ccc(F)cc3)cc3cc(O)ccc3n12. The Morgan fingerprint density at radius 3 is 2.72 bits per heavy atom. The molecule has 6 nitrogen and oxygen atoms in total. The van der Waals surface area contributed by atoms with Gasteiger partial charge in [0.15, 0.2) is 5.65 Å². The first-order valence-corrected chi connectivity index (χ1v) is 7.79. The molecule has 2 heterocycles. The number of pyridine rings is 1. The zero-order valence-corrected chi connectivity index (χ0v) is 13.2. The largest absolute Gasteiger partial charge is 0.508 e. The molecule has 0 spiro atoms. The lowest BCUT2D eigenvalue weighted by Gasteiger charge is -2.09. The van der Waals surface area contributed by atoms with Gasteiger partial charge in [0, 0.05) is 24.0 Å². The van der Waals surface area contributed by atoms with Gasteiger partial charge < -0.3 is 10.4 Å². The minimum atomic E-state index is -0.328. The van der Waals surface area contributed by atoms with Crippen LogP contribution in [0.2, 0.25) is 0 Å². The molecule has 4 aromatic rings. The van der Waals surface area contributed by atoms with Gasteiger partial charge in [0.2, 0.25) is 0 Å². The molecule has 0 saturated carbocycles. The summed E-state index contributed by atoms with van der Waals surface area (Å²) in [4.78, 5) is 12.1. The number of benzene rings is 2. The summed E-state index contributed by atoms with van der Waals surface area (Å²) in [6.45, 7) is 1.02. The molecule has 0 bridgehead atoms. The summed E-state index contributed by atoms with van der Waals surface area (Å²) in [6, 6.07) is 13.0. The van der Waals surface area contributed by atoms with Crippen molar-refractivity contribution in [3.8, 4) is 5.75 Å². The molecule has 2 aromatic carbocycles. The highest BCUT2D eigenvalue weighted by atomic mass is 19.1. The average Bonchev–Trinajstić information content (AvgIpc) is 2.99. The lowest BCUT2D eigenvalue weighted by molar-refractivity contribution is 0.476. The minimum Gasteiger partial charge on any atom is -0.508 e. The van der Waals surface area contributed by atoms with Crippen molar-refractivity contribution in [3.63, 3.8) is 0 Å². The topological polar surface area (TPSA) is 82.4 Å². The number of aromatic nitrogens is 3. The van der Waals surface area contributed by atoms with E-state index in [2.05, 4.69) is 15.5 Å². The second kappa shape index (κ2) is 6.03. The van der Waals surface area contributed by atoms with Gasteiger partial charge >= 0.3 is 5.69 Å². The van der Waals surface area contributed by atoms with Gasteiger partial charge in [-0.2, -0.15) is 5.10 Å². The van der Waals surface area contributed by atoms with Crippen molar-refractivity contribution in [3.05, 3.63) is 76.0 Å². The van der Waals surface area contributed by atoms with Crippen molar-refractivity contribution in [2.75, 3.05) is 0 Å². The van der Waals surface area contributed by atoms with Crippen LogP contribution in [0.5, 0.6) is 5.75 Å². The van der Waals surface area contributed by atoms with Crippen LogP contribution in [0.4, 0.5) is 4.39 Å². The number of aromatic hydroxyl groups is 1. The van der Waals surface area contributed by atoms with Crippen molar-refractivity contribution in [2.24, 2.45) is 0 Å². The fourth-order valence-electron chi connectivity index (χ4n) is 2.92. The molecule has 126 valence electrons. The fraction of sp³-hybridized carbons (Fsp3) is 0.111. The molecule has 0 radical (unpaired) electrons. The lowest BCUT2D eigenvalue weighted by atomic mass is 10.1. The van der Waals surface area contributed by atoms with E-state index in [0.29, 0.717) is 24.3 Å². The molecule has 7 heteroatoms. The van der Waals surface area contributed by atoms with Gasteiger partial charge in [0.05, 0.1) is 5.52 Å². The van der Waals surface area contributed by atoms with E-state index in [1.165, 1.54) is 22.6 Å². The summed E-state index contributed by atoms with van der Waals surface area (Å²) in [7, 11) is 0. The maximum atomic E-state index is 12.9. The van der Waals surface area contributed by atoms with Crippen molar-refractivity contribution in [2.45, 2.75) is 13.1 Å². The highest BCUT2D eigenvalue weighted by Gasteiger charge is 2.11. The second-order valence-electron chi connectivity index (χ2n) is 5.83. The Morgan fingerprint density at radius 1 is 1.12 bits per heavy atom. The van der Waals surface area contributed by atoms with Crippen LogP contribution in [0.25, 0.3) is 16.6 Å². The smallest absolute Gasteiger partial charge is 0.348 e. The zero-order chi connectivity index (χ0) is 17.4. The van der Waals surface area contributed by atoms with Gasteiger partial charge in [-0.25, -0.2) is 18.7 Å². The first-order valence-electron chi connectivity index (χ1n) is 7.79. The van der Waals surface area contributed by atoms with Crippen molar-refractivity contribution >= 4 is 16.6 Å². The molecule has 25 heavy (non-hydrogen) atoms. The van der Waals surface area contributed by atoms with Crippen LogP contribution in [0.3, 0.4) is 0 Å². The van der Waals surface area contributed by atoms with E-state index in [-0.39, 0.29) is 17.3 Å². The number of rotatable bonds is 4. The van der Waals surface area contributed by atoms with E-state index >= 15 is 0 Å². The quantitative estimate of drug-likeness (QED) is 0.533. The monoisotopic (exact) mass is 338 g/mol. The summed E-state index contributed by atoms with van der Waals surface area (Å²) in [6.07, 6.45) is 0. The van der Waals surface area contributed by atoms with E-state index in [4.69, 9.17) is 0 Å². The molecule has 0 atom stereocenters. The van der Waals surface area contributed by atoms with Crippen LogP contribution >= 0.6 is 0 Å². The van der Waals surface area contributed by atoms with E-state index in [1.807, 2.05) is 6.07 Å². The van der Waals surface area contributed by atoms with Gasteiger partial charge in [0.25, 0.3) is 0 Å².